The van der Waals surface area contributed by atoms with E-state index in [9.17, 15) is 0 Å². The van der Waals surface area contributed by atoms with Crippen LogP contribution in [0.5, 0.6) is 0 Å². The summed E-state index contributed by atoms with van der Waals surface area (Å²) in [7, 11) is 1.64. The maximum atomic E-state index is 5.83. The van der Waals surface area contributed by atoms with Crippen LogP contribution in [0.4, 0.5) is 0 Å². The molecule has 0 fully saturated rings. The highest BCUT2D eigenvalue weighted by Gasteiger charge is 2.08. The number of aliphatic imine (C=N–C) groups is 1. The van der Waals surface area contributed by atoms with E-state index in [-0.39, 0.29) is 6.04 Å². The zero-order valence-electron chi connectivity index (χ0n) is 11.1. The predicted molar refractivity (Wildman–Crippen MR) is 81.8 cm³/mol. The van der Waals surface area contributed by atoms with E-state index in [0.29, 0.717) is 12.6 Å². The summed E-state index contributed by atoms with van der Waals surface area (Å²) in [6, 6.07) is 7.37. The maximum absolute atomic E-state index is 5.83. The Morgan fingerprint density at radius 3 is 2.68 bits per heavy atom. The third kappa shape index (κ3) is 5.33. The minimum atomic E-state index is -0.393. The number of ether oxygens (including phenoxy) is 1. The molecule has 102 valence electrons. The fourth-order valence-electron chi connectivity index (χ4n) is 1.57. The van der Waals surface area contributed by atoms with Crippen molar-refractivity contribution in [2.75, 3.05) is 13.7 Å². The van der Waals surface area contributed by atoms with E-state index in [1.165, 1.54) is 0 Å². The molecule has 0 saturated carbocycles. The molecule has 0 heterocycles. The number of hydrogen-bond donors (Lipinski definition) is 2. The lowest BCUT2D eigenvalue weighted by molar-refractivity contribution is 0.179. The molecule has 2 atom stereocenters. The first-order valence-electron chi connectivity index (χ1n) is 5.87. The van der Waals surface area contributed by atoms with Crippen LogP contribution in [0.3, 0.4) is 0 Å². The summed E-state index contributed by atoms with van der Waals surface area (Å²) in [5, 5.41) is 3.02. The molecule has 0 aromatic heterocycles. The van der Waals surface area contributed by atoms with Gasteiger partial charge in [-0.05, 0) is 24.6 Å². The summed E-state index contributed by atoms with van der Waals surface area (Å²) in [5.74, 6) is 2.94. The molecule has 0 aliphatic rings. The number of nitrogens with two attached hydrogens (primary N) is 1. The molecule has 5 heteroatoms. The van der Waals surface area contributed by atoms with Gasteiger partial charge in [-0.2, -0.15) is 0 Å². The van der Waals surface area contributed by atoms with E-state index in [2.05, 4.69) is 32.2 Å². The lowest BCUT2D eigenvalue weighted by Gasteiger charge is -2.14. The van der Waals surface area contributed by atoms with Crippen LogP contribution in [0.1, 0.15) is 18.5 Å². The summed E-state index contributed by atoms with van der Waals surface area (Å²) >= 11 is 3.38. The number of nitrogens with one attached hydrogen (secondary N) is 1. The Hall–Kier alpha value is -1.51. The average Bonchev–Trinajstić information content (AvgIpc) is 2.37. The summed E-state index contributed by atoms with van der Waals surface area (Å²) in [5.41, 5.74) is 6.75. The fraction of sp³-hybridized carbons (Fsp3) is 0.357. The molecule has 0 bridgehead atoms. The van der Waals surface area contributed by atoms with Crippen LogP contribution in [0.25, 0.3) is 0 Å². The number of benzene rings is 1. The number of hydrogen-bond acceptors (Lipinski definition) is 2. The molecule has 0 aliphatic carbocycles. The molecule has 2 unspecified atom stereocenters. The van der Waals surface area contributed by atoms with Crippen LogP contribution in [-0.2, 0) is 4.74 Å². The second kappa shape index (κ2) is 7.82. The van der Waals surface area contributed by atoms with Gasteiger partial charge in [-0.25, -0.2) is 4.99 Å². The Morgan fingerprint density at radius 2 is 2.16 bits per heavy atom. The first-order valence-corrected chi connectivity index (χ1v) is 6.66. The number of methoxy groups -OCH3 is 1. The highest BCUT2D eigenvalue weighted by molar-refractivity contribution is 9.10. The van der Waals surface area contributed by atoms with Gasteiger partial charge in [0.25, 0.3) is 0 Å². The lowest BCUT2D eigenvalue weighted by Crippen LogP contribution is -2.40. The molecular formula is C14H18BrN3O. The van der Waals surface area contributed by atoms with E-state index in [1.807, 2.05) is 31.2 Å². The van der Waals surface area contributed by atoms with Gasteiger partial charge in [-0.1, -0.05) is 34.0 Å². The van der Waals surface area contributed by atoms with Crippen molar-refractivity contribution in [2.45, 2.75) is 19.0 Å². The predicted octanol–water partition coefficient (Wildman–Crippen LogP) is 2.06. The molecule has 4 nitrogen and oxygen atoms in total. The van der Waals surface area contributed by atoms with Crippen LogP contribution in [-0.4, -0.2) is 25.7 Å². The van der Waals surface area contributed by atoms with Gasteiger partial charge < -0.3 is 15.8 Å². The fourth-order valence-corrected chi connectivity index (χ4v) is 1.84. The molecule has 0 spiro atoms. The molecule has 0 aliphatic heterocycles. The normalized spacial score (nSPS) is 14.5. The van der Waals surface area contributed by atoms with Crippen LogP contribution in [0, 0.1) is 12.3 Å². The van der Waals surface area contributed by atoms with Gasteiger partial charge in [0.1, 0.15) is 6.04 Å². The minimum absolute atomic E-state index is 0.0806. The van der Waals surface area contributed by atoms with Crippen molar-refractivity contribution in [1.82, 2.24) is 5.32 Å². The van der Waals surface area contributed by atoms with Crippen LogP contribution in [0.2, 0.25) is 0 Å². The van der Waals surface area contributed by atoms with Crippen molar-refractivity contribution in [1.29, 1.82) is 0 Å². The summed E-state index contributed by atoms with van der Waals surface area (Å²) in [6.07, 6.45) is 5.50. The number of guanidine groups is 1. The Morgan fingerprint density at radius 1 is 1.53 bits per heavy atom. The van der Waals surface area contributed by atoms with Crippen molar-refractivity contribution in [2.24, 2.45) is 10.7 Å². The second-order valence-corrected chi connectivity index (χ2v) is 5.05. The first-order chi connectivity index (χ1) is 9.06. The van der Waals surface area contributed by atoms with Crippen molar-refractivity contribution in [3.63, 3.8) is 0 Å². The van der Waals surface area contributed by atoms with E-state index < -0.39 is 6.04 Å². The molecule has 1 aromatic carbocycles. The van der Waals surface area contributed by atoms with E-state index in [1.54, 1.807) is 7.11 Å². The van der Waals surface area contributed by atoms with Gasteiger partial charge in [-0.3, -0.25) is 0 Å². The number of rotatable bonds is 5. The smallest absolute Gasteiger partial charge is 0.190 e. The Kier molecular flexibility index (Phi) is 6.40. The molecule has 1 rings (SSSR count). The molecule has 0 amide bonds. The summed E-state index contributed by atoms with van der Waals surface area (Å²) in [4.78, 5) is 4.29. The zero-order chi connectivity index (χ0) is 14.3. The average molecular weight is 324 g/mol. The van der Waals surface area contributed by atoms with Gasteiger partial charge in [0.05, 0.1) is 6.61 Å². The van der Waals surface area contributed by atoms with Crippen molar-refractivity contribution < 1.29 is 4.74 Å². The Labute approximate surface area is 122 Å². The van der Waals surface area contributed by atoms with Crippen LogP contribution < -0.4 is 11.1 Å². The Bertz CT molecular complexity index is 465. The van der Waals surface area contributed by atoms with Crippen molar-refractivity contribution >= 4 is 21.9 Å². The van der Waals surface area contributed by atoms with Gasteiger partial charge in [0.2, 0.25) is 0 Å². The lowest BCUT2D eigenvalue weighted by atomic mass is 10.1. The van der Waals surface area contributed by atoms with E-state index in [0.717, 1.165) is 10.0 Å². The molecule has 1 aromatic rings. The van der Waals surface area contributed by atoms with Gasteiger partial charge in [0, 0.05) is 17.6 Å². The third-order valence-corrected chi connectivity index (χ3v) is 2.95. The summed E-state index contributed by atoms with van der Waals surface area (Å²) < 4.78 is 6.01. The molecular weight excluding hydrogens is 306 g/mol. The van der Waals surface area contributed by atoms with Crippen molar-refractivity contribution in [3.8, 4) is 12.3 Å². The largest absolute Gasteiger partial charge is 0.383 e. The highest BCUT2D eigenvalue weighted by atomic mass is 79.9. The third-order valence-electron chi connectivity index (χ3n) is 2.42. The SMILES string of the molecule is C#CC(N=C(N)NC(C)COC)c1ccc(Br)cc1. The quantitative estimate of drug-likeness (QED) is 0.495. The zero-order valence-corrected chi connectivity index (χ0v) is 12.6. The molecule has 19 heavy (non-hydrogen) atoms. The summed E-state index contributed by atoms with van der Waals surface area (Å²) in [6.45, 7) is 2.51. The standard InChI is InChI=1S/C14H18BrN3O/c1-4-13(11-5-7-12(15)8-6-11)18-14(16)17-10(2)9-19-3/h1,5-8,10,13H,9H2,2-3H3,(H3,16,17,18). The van der Waals surface area contributed by atoms with Gasteiger partial charge in [-0.15, -0.1) is 6.42 Å². The molecule has 0 saturated heterocycles. The Balaban J connectivity index is 2.75. The molecule has 0 radical (unpaired) electrons. The topological polar surface area (TPSA) is 59.6 Å². The number of halogens is 1. The maximum Gasteiger partial charge on any atom is 0.190 e. The van der Waals surface area contributed by atoms with Crippen LogP contribution >= 0.6 is 15.9 Å². The van der Waals surface area contributed by atoms with E-state index in [4.69, 9.17) is 16.9 Å². The molecule has 3 N–H and O–H groups in total. The number of nitrogens with zero attached hydrogens (tertiary/aromatic N) is 1. The van der Waals surface area contributed by atoms with E-state index >= 15 is 0 Å². The minimum Gasteiger partial charge on any atom is -0.383 e. The van der Waals surface area contributed by atoms with Crippen LogP contribution in [0.15, 0.2) is 33.7 Å². The first kappa shape index (κ1) is 15.5. The highest BCUT2D eigenvalue weighted by Crippen LogP contribution is 2.19. The van der Waals surface area contributed by atoms with Gasteiger partial charge in [0.15, 0.2) is 5.96 Å². The second-order valence-electron chi connectivity index (χ2n) is 4.14. The monoisotopic (exact) mass is 323 g/mol. The van der Waals surface area contributed by atoms with Gasteiger partial charge >= 0.3 is 0 Å². The number of terminal acetylenes is 1. The van der Waals surface area contributed by atoms with Crippen molar-refractivity contribution in [3.05, 3.63) is 34.3 Å².